The molecular weight excluding hydrogens is 298 g/mol. The van der Waals surface area contributed by atoms with Crippen molar-refractivity contribution in [2.24, 2.45) is 5.92 Å². The summed E-state index contributed by atoms with van der Waals surface area (Å²) < 4.78 is 0. The SMILES string of the molecule is CN1CCC[C@H](C(=O)N2CCN(C/C=C/c3ccccc3)CC2)C1. The van der Waals surface area contributed by atoms with Crippen LogP contribution in [0.15, 0.2) is 36.4 Å². The Hall–Kier alpha value is -1.65. The molecule has 0 spiro atoms. The zero-order chi connectivity index (χ0) is 16.8. The molecule has 0 N–H and O–H groups in total. The molecule has 0 bridgehead atoms. The summed E-state index contributed by atoms with van der Waals surface area (Å²) in [6.45, 7) is 6.73. The van der Waals surface area contributed by atoms with Gasteiger partial charge >= 0.3 is 0 Å². The van der Waals surface area contributed by atoms with Crippen molar-refractivity contribution in [2.75, 3.05) is 52.9 Å². The number of piperazine rings is 1. The predicted molar refractivity (Wildman–Crippen MR) is 98.7 cm³/mol. The molecule has 0 radical (unpaired) electrons. The number of carbonyl (C=O) groups is 1. The first-order valence-corrected chi connectivity index (χ1v) is 9.13. The predicted octanol–water partition coefficient (Wildman–Crippen LogP) is 2.19. The average molecular weight is 327 g/mol. The molecule has 0 saturated carbocycles. The molecule has 2 saturated heterocycles. The van der Waals surface area contributed by atoms with Gasteiger partial charge in [0.25, 0.3) is 0 Å². The average Bonchev–Trinajstić information content (AvgIpc) is 2.63. The Kier molecular flexibility index (Phi) is 6.05. The highest BCUT2D eigenvalue weighted by Crippen LogP contribution is 2.18. The second kappa shape index (κ2) is 8.45. The number of piperidine rings is 1. The van der Waals surface area contributed by atoms with Crippen molar-refractivity contribution in [1.82, 2.24) is 14.7 Å². The fraction of sp³-hybridized carbons (Fsp3) is 0.550. The van der Waals surface area contributed by atoms with Crippen molar-refractivity contribution in [3.05, 3.63) is 42.0 Å². The van der Waals surface area contributed by atoms with Crippen LogP contribution in [0.2, 0.25) is 0 Å². The van der Waals surface area contributed by atoms with E-state index in [4.69, 9.17) is 0 Å². The van der Waals surface area contributed by atoms with Gasteiger partial charge in [-0.2, -0.15) is 0 Å². The van der Waals surface area contributed by atoms with Gasteiger partial charge in [0.2, 0.25) is 5.91 Å². The fourth-order valence-corrected chi connectivity index (χ4v) is 3.68. The Balaban J connectivity index is 1.42. The van der Waals surface area contributed by atoms with Crippen LogP contribution < -0.4 is 0 Å². The van der Waals surface area contributed by atoms with Crippen LogP contribution in [0, 0.1) is 5.92 Å². The van der Waals surface area contributed by atoms with E-state index in [9.17, 15) is 4.79 Å². The summed E-state index contributed by atoms with van der Waals surface area (Å²) in [6.07, 6.45) is 6.61. The molecule has 2 aliphatic heterocycles. The molecule has 1 amide bonds. The topological polar surface area (TPSA) is 26.8 Å². The Labute approximate surface area is 145 Å². The highest BCUT2D eigenvalue weighted by Gasteiger charge is 2.29. The molecule has 2 fully saturated rings. The normalized spacial score (nSPS) is 23.7. The number of carbonyl (C=O) groups excluding carboxylic acids is 1. The lowest BCUT2D eigenvalue weighted by Crippen LogP contribution is -2.52. The minimum Gasteiger partial charge on any atom is -0.340 e. The number of nitrogens with zero attached hydrogens (tertiary/aromatic N) is 3. The molecule has 3 rings (SSSR count). The van der Waals surface area contributed by atoms with E-state index >= 15 is 0 Å². The molecule has 24 heavy (non-hydrogen) atoms. The molecule has 4 nitrogen and oxygen atoms in total. The number of hydrogen-bond acceptors (Lipinski definition) is 3. The smallest absolute Gasteiger partial charge is 0.227 e. The minimum absolute atomic E-state index is 0.216. The van der Waals surface area contributed by atoms with Crippen LogP contribution in [0.4, 0.5) is 0 Å². The number of rotatable bonds is 4. The van der Waals surface area contributed by atoms with Crippen molar-refractivity contribution in [1.29, 1.82) is 0 Å². The highest BCUT2D eigenvalue weighted by molar-refractivity contribution is 5.79. The summed E-state index contributed by atoms with van der Waals surface area (Å²) in [7, 11) is 2.12. The Morgan fingerprint density at radius 2 is 1.88 bits per heavy atom. The van der Waals surface area contributed by atoms with Crippen molar-refractivity contribution < 1.29 is 4.79 Å². The van der Waals surface area contributed by atoms with Crippen LogP contribution >= 0.6 is 0 Å². The summed E-state index contributed by atoms with van der Waals surface area (Å²) in [5.41, 5.74) is 1.24. The lowest BCUT2D eigenvalue weighted by molar-refractivity contribution is -0.138. The molecule has 0 unspecified atom stereocenters. The largest absolute Gasteiger partial charge is 0.340 e. The van der Waals surface area contributed by atoms with Crippen molar-refractivity contribution >= 4 is 12.0 Å². The summed E-state index contributed by atoms with van der Waals surface area (Å²) in [5, 5.41) is 0. The van der Waals surface area contributed by atoms with E-state index < -0.39 is 0 Å². The highest BCUT2D eigenvalue weighted by atomic mass is 16.2. The monoisotopic (exact) mass is 327 g/mol. The number of hydrogen-bond donors (Lipinski definition) is 0. The maximum atomic E-state index is 12.7. The van der Waals surface area contributed by atoms with Gasteiger partial charge in [-0.05, 0) is 32.0 Å². The van der Waals surface area contributed by atoms with Crippen molar-refractivity contribution in [3.63, 3.8) is 0 Å². The lowest BCUT2D eigenvalue weighted by Gasteiger charge is -2.38. The zero-order valence-electron chi connectivity index (χ0n) is 14.7. The van der Waals surface area contributed by atoms with Gasteiger partial charge in [-0.15, -0.1) is 0 Å². The number of benzene rings is 1. The van der Waals surface area contributed by atoms with E-state index in [-0.39, 0.29) is 5.92 Å². The minimum atomic E-state index is 0.216. The van der Waals surface area contributed by atoms with E-state index in [1.807, 2.05) is 6.07 Å². The summed E-state index contributed by atoms with van der Waals surface area (Å²) >= 11 is 0. The lowest BCUT2D eigenvalue weighted by atomic mass is 9.96. The van der Waals surface area contributed by atoms with Crippen LogP contribution in [0.5, 0.6) is 0 Å². The molecule has 2 heterocycles. The summed E-state index contributed by atoms with van der Waals surface area (Å²) in [4.78, 5) is 19.5. The summed E-state index contributed by atoms with van der Waals surface area (Å²) in [5.74, 6) is 0.592. The molecule has 4 heteroatoms. The molecule has 0 aromatic heterocycles. The van der Waals surface area contributed by atoms with Crippen LogP contribution in [0.1, 0.15) is 18.4 Å². The van der Waals surface area contributed by atoms with Crippen LogP contribution in [0.3, 0.4) is 0 Å². The van der Waals surface area contributed by atoms with E-state index in [2.05, 4.69) is 58.2 Å². The van der Waals surface area contributed by atoms with E-state index in [0.717, 1.165) is 58.7 Å². The first-order valence-electron chi connectivity index (χ1n) is 9.13. The van der Waals surface area contributed by atoms with Crippen LogP contribution in [0.25, 0.3) is 6.08 Å². The van der Waals surface area contributed by atoms with E-state index in [1.165, 1.54) is 5.56 Å². The summed E-state index contributed by atoms with van der Waals surface area (Å²) in [6, 6.07) is 10.4. The van der Waals surface area contributed by atoms with Gasteiger partial charge in [0.15, 0.2) is 0 Å². The third-order valence-corrected chi connectivity index (χ3v) is 5.13. The Bertz CT molecular complexity index is 549. The maximum absolute atomic E-state index is 12.7. The molecule has 1 aromatic carbocycles. The van der Waals surface area contributed by atoms with Gasteiger partial charge in [-0.1, -0.05) is 42.5 Å². The van der Waals surface area contributed by atoms with Crippen molar-refractivity contribution in [2.45, 2.75) is 12.8 Å². The first kappa shape index (κ1) is 17.2. The third-order valence-electron chi connectivity index (χ3n) is 5.13. The van der Waals surface area contributed by atoms with Gasteiger partial charge < -0.3 is 9.80 Å². The van der Waals surface area contributed by atoms with Crippen molar-refractivity contribution in [3.8, 4) is 0 Å². The first-order chi connectivity index (χ1) is 11.7. The zero-order valence-corrected chi connectivity index (χ0v) is 14.7. The maximum Gasteiger partial charge on any atom is 0.227 e. The quantitative estimate of drug-likeness (QED) is 0.848. The van der Waals surface area contributed by atoms with Crippen LogP contribution in [-0.4, -0.2) is 73.5 Å². The van der Waals surface area contributed by atoms with Gasteiger partial charge in [0, 0.05) is 39.3 Å². The molecule has 1 aromatic rings. The Morgan fingerprint density at radius 3 is 2.58 bits per heavy atom. The Morgan fingerprint density at radius 1 is 1.12 bits per heavy atom. The van der Waals surface area contributed by atoms with Gasteiger partial charge in [-0.3, -0.25) is 9.69 Å². The van der Waals surface area contributed by atoms with Gasteiger partial charge in [-0.25, -0.2) is 0 Å². The van der Waals surface area contributed by atoms with E-state index in [1.54, 1.807) is 0 Å². The second-order valence-electron chi connectivity index (χ2n) is 7.04. The molecule has 1 atom stereocenters. The van der Waals surface area contributed by atoms with Gasteiger partial charge in [0.05, 0.1) is 5.92 Å². The second-order valence-corrected chi connectivity index (χ2v) is 7.04. The number of amides is 1. The van der Waals surface area contributed by atoms with Gasteiger partial charge in [0.1, 0.15) is 0 Å². The van der Waals surface area contributed by atoms with Crippen LogP contribution in [-0.2, 0) is 4.79 Å². The third kappa shape index (κ3) is 4.68. The molecule has 2 aliphatic rings. The molecular formula is C20H29N3O. The molecule has 0 aliphatic carbocycles. The standard InChI is InChI=1S/C20H29N3O/c1-21-11-6-10-19(17-21)20(24)23-15-13-22(14-16-23)12-5-9-18-7-3-2-4-8-18/h2-5,7-9,19H,6,10-17H2,1H3/b9-5+/t19-/m0/s1. The molecule has 130 valence electrons. The fourth-order valence-electron chi connectivity index (χ4n) is 3.68. The van der Waals surface area contributed by atoms with E-state index in [0.29, 0.717) is 5.91 Å². The number of likely N-dealkylation sites (tertiary alicyclic amines) is 1.